The van der Waals surface area contributed by atoms with E-state index in [1.54, 1.807) is 18.3 Å². The summed E-state index contributed by atoms with van der Waals surface area (Å²) < 4.78 is 2.67. The third-order valence-corrected chi connectivity index (χ3v) is 4.47. The van der Waals surface area contributed by atoms with Crippen LogP contribution in [0.25, 0.3) is 0 Å². The zero-order valence-electron chi connectivity index (χ0n) is 12.0. The molecule has 2 aromatic rings. The second-order valence-corrected chi connectivity index (χ2v) is 6.34. The minimum atomic E-state index is -0.258. The Labute approximate surface area is 131 Å². The lowest BCUT2D eigenvalue weighted by atomic mass is 10.2. The molecule has 0 saturated heterocycles. The predicted octanol–water partition coefficient (Wildman–Crippen LogP) is 3.57. The van der Waals surface area contributed by atoms with Crippen LogP contribution in [0.2, 0.25) is 0 Å². The molecule has 1 aliphatic rings. The molecule has 0 unspecified atom stereocenters. The minimum Gasteiger partial charge on any atom is -0.304 e. The highest BCUT2D eigenvalue weighted by Gasteiger charge is 2.30. The molecule has 110 valence electrons. The van der Waals surface area contributed by atoms with Crippen LogP contribution in [0, 0.1) is 12.8 Å². The van der Waals surface area contributed by atoms with Crippen molar-refractivity contribution in [3.8, 4) is 0 Å². The Morgan fingerprint density at radius 2 is 2.29 bits per heavy atom. The Morgan fingerprint density at radius 3 is 2.95 bits per heavy atom. The number of halogens is 1. The van der Waals surface area contributed by atoms with E-state index in [1.165, 1.54) is 12.8 Å². The molecule has 5 nitrogen and oxygen atoms in total. The maximum atomic E-state index is 12.2. The molecule has 2 aromatic heterocycles. The number of pyridine rings is 1. The number of hydrogen-bond donors (Lipinski definition) is 1. The van der Waals surface area contributed by atoms with Gasteiger partial charge in [0.15, 0.2) is 5.82 Å². The van der Waals surface area contributed by atoms with Crippen molar-refractivity contribution in [3.63, 3.8) is 0 Å². The van der Waals surface area contributed by atoms with E-state index in [4.69, 9.17) is 0 Å². The highest BCUT2D eigenvalue weighted by Crippen LogP contribution is 2.39. The zero-order chi connectivity index (χ0) is 15.0. The lowest BCUT2D eigenvalue weighted by Crippen LogP contribution is -2.16. The average molecular weight is 349 g/mol. The molecule has 0 radical (unpaired) electrons. The molecule has 6 heteroatoms. The Bertz CT molecular complexity index is 678. The molecule has 0 aliphatic heterocycles. The predicted molar refractivity (Wildman–Crippen MR) is 84.3 cm³/mol. The molecule has 21 heavy (non-hydrogen) atoms. The number of rotatable bonds is 4. The van der Waals surface area contributed by atoms with Gasteiger partial charge in [0.2, 0.25) is 0 Å². The van der Waals surface area contributed by atoms with E-state index in [9.17, 15) is 4.79 Å². The third kappa shape index (κ3) is 3.00. The Morgan fingerprint density at radius 1 is 1.52 bits per heavy atom. The summed E-state index contributed by atoms with van der Waals surface area (Å²) in [6, 6.07) is 5.85. The summed E-state index contributed by atoms with van der Waals surface area (Å²) >= 11 is 3.33. The standard InChI is InChI=1S/C15H17BrN4O/c1-9-8-13(19-20(9)10(2)11-5-6-11)18-15(21)14-12(16)4-3-7-17-14/h3-4,7-8,10-11H,5-6H2,1-2H3,(H,18,19,21)/t10-/m1/s1. The first kappa shape index (κ1) is 14.3. The number of nitrogens with one attached hydrogen (secondary N) is 1. The van der Waals surface area contributed by atoms with Crippen molar-refractivity contribution in [2.75, 3.05) is 5.32 Å². The van der Waals surface area contributed by atoms with E-state index in [2.05, 4.69) is 38.3 Å². The van der Waals surface area contributed by atoms with Gasteiger partial charge >= 0.3 is 0 Å². The summed E-state index contributed by atoms with van der Waals surface area (Å²) in [4.78, 5) is 16.3. The van der Waals surface area contributed by atoms with E-state index in [1.807, 2.05) is 17.7 Å². The van der Waals surface area contributed by atoms with Crippen LogP contribution in [-0.2, 0) is 0 Å². The first-order chi connectivity index (χ1) is 10.1. The van der Waals surface area contributed by atoms with E-state index in [0.717, 1.165) is 11.6 Å². The van der Waals surface area contributed by atoms with Gasteiger partial charge in [0, 0.05) is 22.4 Å². The van der Waals surface area contributed by atoms with Gasteiger partial charge in [-0.05, 0) is 60.7 Å². The molecule has 1 saturated carbocycles. The number of aromatic nitrogens is 3. The molecular formula is C15H17BrN4O. The number of aryl methyl sites for hydroxylation is 1. The summed E-state index contributed by atoms with van der Waals surface area (Å²) in [6.45, 7) is 4.19. The van der Waals surface area contributed by atoms with Crippen molar-refractivity contribution in [2.24, 2.45) is 5.92 Å². The van der Waals surface area contributed by atoms with Crippen molar-refractivity contribution < 1.29 is 4.79 Å². The van der Waals surface area contributed by atoms with Gasteiger partial charge < -0.3 is 5.32 Å². The fourth-order valence-electron chi connectivity index (χ4n) is 2.47. The van der Waals surface area contributed by atoms with Crippen molar-refractivity contribution in [1.29, 1.82) is 0 Å². The highest BCUT2D eigenvalue weighted by atomic mass is 79.9. The lowest BCUT2D eigenvalue weighted by molar-refractivity contribution is 0.102. The SMILES string of the molecule is Cc1cc(NC(=O)c2ncccc2Br)nn1[C@H](C)C1CC1. The van der Waals surface area contributed by atoms with E-state index < -0.39 is 0 Å². The Kier molecular flexibility index (Phi) is 3.80. The fourth-order valence-corrected chi connectivity index (χ4v) is 2.90. The van der Waals surface area contributed by atoms with Gasteiger partial charge in [-0.3, -0.25) is 9.48 Å². The van der Waals surface area contributed by atoms with Gasteiger partial charge in [0.1, 0.15) is 5.69 Å². The van der Waals surface area contributed by atoms with Crippen molar-refractivity contribution >= 4 is 27.7 Å². The number of carbonyl (C=O) groups excluding carboxylic acids is 1. The van der Waals surface area contributed by atoms with Crippen molar-refractivity contribution in [3.05, 3.63) is 40.3 Å². The van der Waals surface area contributed by atoms with Crippen LogP contribution < -0.4 is 5.32 Å². The van der Waals surface area contributed by atoms with Crippen LogP contribution in [0.5, 0.6) is 0 Å². The number of hydrogen-bond acceptors (Lipinski definition) is 3. The molecule has 1 atom stereocenters. The van der Waals surface area contributed by atoms with Crippen molar-refractivity contribution in [2.45, 2.75) is 32.7 Å². The summed E-state index contributed by atoms with van der Waals surface area (Å²) in [5.41, 5.74) is 1.42. The molecule has 1 N–H and O–H groups in total. The van der Waals surface area contributed by atoms with Gasteiger partial charge in [-0.15, -0.1) is 0 Å². The smallest absolute Gasteiger partial charge is 0.276 e. The molecule has 2 heterocycles. The topological polar surface area (TPSA) is 59.8 Å². The molecule has 0 spiro atoms. The first-order valence-electron chi connectivity index (χ1n) is 7.04. The van der Waals surface area contributed by atoms with Crippen LogP contribution in [0.4, 0.5) is 5.82 Å². The summed E-state index contributed by atoms with van der Waals surface area (Å²) in [6.07, 6.45) is 4.13. The molecule has 3 rings (SSSR count). The largest absolute Gasteiger partial charge is 0.304 e. The monoisotopic (exact) mass is 348 g/mol. The summed E-state index contributed by atoms with van der Waals surface area (Å²) in [7, 11) is 0. The summed E-state index contributed by atoms with van der Waals surface area (Å²) in [5, 5.41) is 7.32. The second-order valence-electron chi connectivity index (χ2n) is 5.48. The van der Waals surface area contributed by atoms with Crippen LogP contribution in [0.3, 0.4) is 0 Å². The first-order valence-corrected chi connectivity index (χ1v) is 7.83. The van der Waals surface area contributed by atoms with Gasteiger partial charge in [-0.1, -0.05) is 0 Å². The van der Waals surface area contributed by atoms with Crippen molar-refractivity contribution in [1.82, 2.24) is 14.8 Å². The Hall–Kier alpha value is -1.69. The van der Waals surface area contributed by atoms with Gasteiger partial charge in [0.05, 0.1) is 6.04 Å². The maximum Gasteiger partial charge on any atom is 0.276 e. The molecule has 1 fully saturated rings. The second kappa shape index (κ2) is 5.60. The molecule has 1 aliphatic carbocycles. The summed E-state index contributed by atoms with van der Waals surface area (Å²) in [5.74, 6) is 1.03. The number of carbonyl (C=O) groups is 1. The lowest BCUT2D eigenvalue weighted by Gasteiger charge is -2.12. The molecule has 0 bridgehead atoms. The number of anilines is 1. The van der Waals surface area contributed by atoms with Gasteiger partial charge in [-0.2, -0.15) is 5.10 Å². The maximum absolute atomic E-state index is 12.2. The number of amides is 1. The molecular weight excluding hydrogens is 332 g/mol. The van der Waals surface area contributed by atoms with Crippen LogP contribution >= 0.6 is 15.9 Å². The zero-order valence-corrected chi connectivity index (χ0v) is 13.6. The third-order valence-electron chi connectivity index (χ3n) is 3.83. The fraction of sp³-hybridized carbons (Fsp3) is 0.400. The van der Waals surface area contributed by atoms with Crippen LogP contribution in [0.1, 0.15) is 42.0 Å². The quantitative estimate of drug-likeness (QED) is 0.918. The van der Waals surface area contributed by atoms with Crippen LogP contribution in [0.15, 0.2) is 28.9 Å². The van der Waals surface area contributed by atoms with Gasteiger partial charge in [0.25, 0.3) is 5.91 Å². The minimum absolute atomic E-state index is 0.258. The van der Waals surface area contributed by atoms with Gasteiger partial charge in [-0.25, -0.2) is 4.98 Å². The van der Waals surface area contributed by atoms with Crippen LogP contribution in [-0.4, -0.2) is 20.7 Å². The number of nitrogens with zero attached hydrogens (tertiary/aromatic N) is 3. The molecule has 1 amide bonds. The molecule has 0 aromatic carbocycles. The van der Waals surface area contributed by atoms with E-state index in [0.29, 0.717) is 22.0 Å². The normalized spacial score (nSPS) is 15.8. The van der Waals surface area contributed by atoms with E-state index in [-0.39, 0.29) is 5.91 Å². The average Bonchev–Trinajstić information content (AvgIpc) is 3.23. The highest BCUT2D eigenvalue weighted by molar-refractivity contribution is 9.10. The van der Waals surface area contributed by atoms with E-state index >= 15 is 0 Å². The Balaban J connectivity index is 1.77.